The zero-order chi connectivity index (χ0) is 33.7. The van der Waals surface area contributed by atoms with Crippen molar-refractivity contribution in [1.29, 1.82) is 0 Å². The third-order valence-corrected chi connectivity index (χ3v) is 8.69. The van der Waals surface area contributed by atoms with E-state index in [0.717, 1.165) is 0 Å². The van der Waals surface area contributed by atoms with Gasteiger partial charge in [0.2, 0.25) is 11.8 Å². The summed E-state index contributed by atoms with van der Waals surface area (Å²) < 4.78 is 6.88. The minimum absolute atomic E-state index is 0.109. The Balaban J connectivity index is 1.41. The van der Waals surface area contributed by atoms with Gasteiger partial charge in [0.15, 0.2) is 0 Å². The number of fused-ring (bicyclic) bond motifs is 2. The van der Waals surface area contributed by atoms with Crippen LogP contribution in [0.5, 0.6) is 0 Å². The van der Waals surface area contributed by atoms with Crippen molar-refractivity contribution in [2.45, 2.75) is 72.4 Å². The van der Waals surface area contributed by atoms with Crippen molar-refractivity contribution in [3.05, 3.63) is 57.3 Å². The van der Waals surface area contributed by atoms with Gasteiger partial charge < -0.3 is 30.4 Å². The summed E-state index contributed by atoms with van der Waals surface area (Å²) in [5, 5.41) is 13.2. The Morgan fingerprint density at radius 1 is 1.02 bits per heavy atom. The number of H-pyrrole nitrogens is 1. The number of carbonyl (C=O) groups is 4. The number of rotatable bonds is 3. The van der Waals surface area contributed by atoms with Crippen LogP contribution in [-0.4, -0.2) is 80.4 Å². The summed E-state index contributed by atoms with van der Waals surface area (Å²) in [5.74, 6) is -1.25. The second kappa shape index (κ2) is 14.6. The average molecular weight is 647 g/mol. The number of amides is 4. The average Bonchev–Trinajstić information content (AvgIpc) is 3.58. The van der Waals surface area contributed by atoms with Gasteiger partial charge in [0.1, 0.15) is 6.04 Å². The van der Waals surface area contributed by atoms with Crippen LogP contribution in [0.3, 0.4) is 0 Å². The van der Waals surface area contributed by atoms with Gasteiger partial charge in [-0.05, 0) is 63.3 Å². The van der Waals surface area contributed by atoms with Crippen molar-refractivity contribution in [3.63, 3.8) is 0 Å². The Hall–Kier alpha value is -5.01. The quantitative estimate of drug-likeness (QED) is 0.262. The maximum Gasteiger partial charge on any atom is 0.326 e. The lowest BCUT2D eigenvalue weighted by atomic mass is 9.98. The van der Waals surface area contributed by atoms with Gasteiger partial charge in [-0.3, -0.25) is 23.7 Å². The summed E-state index contributed by atoms with van der Waals surface area (Å²) >= 11 is 0. The first-order valence-corrected chi connectivity index (χ1v) is 16.2. The zero-order valence-electron chi connectivity index (χ0n) is 27.3. The van der Waals surface area contributed by atoms with Crippen LogP contribution in [0.1, 0.15) is 78.1 Å². The molecule has 250 valence electrons. The number of aromatic nitrogens is 4. The molecule has 1 aliphatic heterocycles. The molecule has 2 bridgehead atoms. The van der Waals surface area contributed by atoms with Crippen LogP contribution in [0, 0.1) is 19.8 Å². The standard InChI is InChI=1S/C33H42N8O6/c1-5-19(2)28-30(44)35-13-8-16-41-25-18-22(10-11-24(25)37-33(41)46)29(43)34-12-7-15-40(14-6-9-26(42)38-28)32(45)23-17-20(3)36-31-27(23)21(4)39-47-31/h10-11,17-19,28H,5-9,12-16H2,1-4H3,(H,34,43)(H,35,44)(H,37,46)(H,38,42)/t19-,28-/m0/s1. The SMILES string of the molecule is CC[C@H](C)[C@@H]1NC(=O)CCCN(C(=O)c2cc(C)nc3onc(C)c23)CCCNC(=O)c2ccc3[nH]c(=O)n(c3c2)CCCNC1=O. The van der Waals surface area contributed by atoms with E-state index in [0.29, 0.717) is 90.8 Å². The van der Waals surface area contributed by atoms with Crippen LogP contribution < -0.4 is 21.6 Å². The predicted molar refractivity (Wildman–Crippen MR) is 175 cm³/mol. The number of nitrogens with one attached hydrogen (secondary N) is 4. The molecule has 0 saturated carbocycles. The molecule has 0 saturated heterocycles. The molecule has 5 rings (SSSR count). The summed E-state index contributed by atoms with van der Waals surface area (Å²) in [7, 11) is 0. The molecule has 4 N–H and O–H groups in total. The van der Waals surface area contributed by atoms with Crippen LogP contribution in [-0.2, 0) is 16.1 Å². The molecule has 0 fully saturated rings. The van der Waals surface area contributed by atoms with Crippen LogP contribution >= 0.6 is 0 Å². The van der Waals surface area contributed by atoms with Gasteiger partial charge in [0, 0.05) is 50.4 Å². The smallest absolute Gasteiger partial charge is 0.326 e. The fourth-order valence-corrected chi connectivity index (χ4v) is 5.90. The Kier molecular flexibility index (Phi) is 10.4. The van der Waals surface area contributed by atoms with Crippen LogP contribution in [0.25, 0.3) is 22.1 Å². The molecule has 0 spiro atoms. The molecule has 3 aromatic heterocycles. The van der Waals surface area contributed by atoms with Crippen molar-refractivity contribution in [3.8, 4) is 0 Å². The number of hydrogen-bond donors (Lipinski definition) is 4. The zero-order valence-corrected chi connectivity index (χ0v) is 27.3. The van der Waals surface area contributed by atoms with E-state index >= 15 is 0 Å². The van der Waals surface area contributed by atoms with Crippen molar-refractivity contribution in [2.24, 2.45) is 5.92 Å². The topological polar surface area (TPSA) is 184 Å². The van der Waals surface area contributed by atoms with Gasteiger partial charge in [-0.2, -0.15) is 0 Å². The molecule has 4 amide bonds. The summed E-state index contributed by atoms with van der Waals surface area (Å²) in [4.78, 5) is 74.9. The van der Waals surface area contributed by atoms with E-state index in [1.165, 1.54) is 0 Å². The van der Waals surface area contributed by atoms with E-state index in [2.05, 4.69) is 31.1 Å². The van der Waals surface area contributed by atoms with Crippen LogP contribution in [0.2, 0.25) is 0 Å². The molecule has 0 aliphatic carbocycles. The maximum absolute atomic E-state index is 14.0. The first kappa shape index (κ1) is 33.4. The summed E-state index contributed by atoms with van der Waals surface area (Å²) in [6.07, 6.45) is 2.08. The number of aryl methyl sites for hydroxylation is 3. The second-order valence-corrected chi connectivity index (χ2v) is 12.2. The highest BCUT2D eigenvalue weighted by Crippen LogP contribution is 2.24. The summed E-state index contributed by atoms with van der Waals surface area (Å²) in [6.45, 7) is 8.89. The van der Waals surface area contributed by atoms with E-state index in [-0.39, 0.29) is 53.9 Å². The van der Waals surface area contributed by atoms with Crippen LogP contribution in [0.4, 0.5) is 0 Å². The third-order valence-electron chi connectivity index (χ3n) is 8.69. The van der Waals surface area contributed by atoms with Crippen LogP contribution in [0.15, 0.2) is 33.6 Å². The first-order valence-electron chi connectivity index (χ1n) is 16.2. The monoisotopic (exact) mass is 646 g/mol. The largest absolute Gasteiger partial charge is 0.354 e. The normalized spacial score (nSPS) is 18.4. The third kappa shape index (κ3) is 7.53. The molecule has 14 nitrogen and oxygen atoms in total. The lowest BCUT2D eigenvalue weighted by Crippen LogP contribution is -2.50. The number of imidazole rings is 1. The number of hydrogen-bond acceptors (Lipinski definition) is 8. The minimum Gasteiger partial charge on any atom is -0.354 e. The number of aromatic amines is 1. The number of benzene rings is 1. The van der Waals surface area contributed by atoms with Crippen molar-refractivity contribution in [2.75, 3.05) is 26.2 Å². The molecule has 0 unspecified atom stereocenters. The van der Waals surface area contributed by atoms with Gasteiger partial charge in [-0.15, -0.1) is 0 Å². The van der Waals surface area contributed by atoms with Gasteiger partial charge in [0.05, 0.1) is 27.7 Å². The molecule has 14 heteroatoms. The molecule has 0 radical (unpaired) electrons. The van der Waals surface area contributed by atoms with E-state index in [4.69, 9.17) is 4.52 Å². The minimum atomic E-state index is -0.723. The number of carbonyl (C=O) groups excluding carboxylic acids is 4. The van der Waals surface area contributed by atoms with E-state index in [1.807, 2.05) is 13.8 Å². The van der Waals surface area contributed by atoms with Crippen molar-refractivity contribution >= 4 is 45.8 Å². The molecular weight excluding hydrogens is 604 g/mol. The Morgan fingerprint density at radius 3 is 2.55 bits per heavy atom. The fourth-order valence-electron chi connectivity index (χ4n) is 5.90. The second-order valence-electron chi connectivity index (χ2n) is 12.2. The number of nitrogens with zero attached hydrogens (tertiary/aromatic N) is 4. The molecule has 47 heavy (non-hydrogen) atoms. The van der Waals surface area contributed by atoms with Crippen molar-refractivity contribution in [1.82, 2.24) is 40.5 Å². The fraction of sp³-hybridized carbons (Fsp3) is 0.485. The maximum atomic E-state index is 14.0. The Morgan fingerprint density at radius 2 is 1.77 bits per heavy atom. The Bertz CT molecular complexity index is 1860. The van der Waals surface area contributed by atoms with E-state index < -0.39 is 6.04 Å². The highest BCUT2D eigenvalue weighted by atomic mass is 16.5. The van der Waals surface area contributed by atoms with Gasteiger partial charge in [0.25, 0.3) is 17.5 Å². The van der Waals surface area contributed by atoms with E-state index in [9.17, 15) is 24.0 Å². The number of pyridine rings is 1. The first-order chi connectivity index (χ1) is 22.6. The van der Waals surface area contributed by atoms with Gasteiger partial charge in [-0.25, -0.2) is 9.78 Å². The summed E-state index contributed by atoms with van der Waals surface area (Å²) in [5.41, 5.74) is 3.12. The Labute approximate surface area is 271 Å². The lowest BCUT2D eigenvalue weighted by Gasteiger charge is -2.25. The van der Waals surface area contributed by atoms with Crippen molar-refractivity contribution < 1.29 is 23.7 Å². The molecule has 1 aliphatic rings. The molecule has 1 aromatic carbocycles. The summed E-state index contributed by atoms with van der Waals surface area (Å²) in [6, 6.07) is 6.00. The lowest BCUT2D eigenvalue weighted by molar-refractivity contribution is -0.130. The molecular formula is C33H42N8O6. The van der Waals surface area contributed by atoms with Gasteiger partial charge in [-0.1, -0.05) is 25.4 Å². The highest BCUT2D eigenvalue weighted by Gasteiger charge is 2.27. The van der Waals surface area contributed by atoms with E-state index in [1.54, 1.807) is 47.6 Å². The molecule has 2 atom stereocenters. The molecule has 4 aromatic rings. The predicted octanol–water partition coefficient (Wildman–Crippen LogP) is 2.58. The molecule has 4 heterocycles. The highest BCUT2D eigenvalue weighted by molar-refractivity contribution is 6.06. The van der Waals surface area contributed by atoms with Gasteiger partial charge >= 0.3 is 5.69 Å².